The van der Waals surface area contributed by atoms with Crippen molar-refractivity contribution in [3.05, 3.63) is 30.1 Å². The van der Waals surface area contributed by atoms with Crippen LogP contribution in [0.25, 0.3) is 0 Å². The number of hydrogen-bond donors (Lipinski definition) is 0. The van der Waals surface area contributed by atoms with Gasteiger partial charge in [-0.05, 0) is 44.4 Å². The molecule has 0 aliphatic carbocycles. The number of carbonyl (C=O) groups excluding carboxylic acids is 1. The SMILES string of the molecule is CN1CCN(C[C@@H]2CO[C@@]3(CCCN(C(=O)c4ccccn4)C3)C2)CC1. The van der Waals surface area contributed by atoms with Gasteiger partial charge in [0.2, 0.25) is 0 Å². The fraction of sp³-hybridized carbons (Fsp3) is 0.700. The monoisotopic (exact) mass is 358 g/mol. The standard InChI is InChI=1S/C20H30N4O2/c1-22-9-11-23(12-10-22)14-17-13-20(26-15-17)6-4-8-24(16-20)19(25)18-5-2-3-7-21-18/h2-3,5,7,17H,4,6,8-16H2,1H3/t17-,20+/m1/s1. The Bertz CT molecular complexity index is 617. The summed E-state index contributed by atoms with van der Waals surface area (Å²) in [7, 11) is 2.19. The summed E-state index contributed by atoms with van der Waals surface area (Å²) in [5, 5.41) is 0. The number of piperazine rings is 1. The lowest BCUT2D eigenvalue weighted by Gasteiger charge is -2.40. The predicted octanol–water partition coefficient (Wildman–Crippen LogP) is 1.34. The number of nitrogens with zero attached hydrogens (tertiary/aromatic N) is 4. The minimum atomic E-state index is -0.139. The number of pyridine rings is 1. The summed E-state index contributed by atoms with van der Waals surface area (Å²) in [5.41, 5.74) is 0.400. The number of ether oxygens (including phenoxy) is 1. The van der Waals surface area contributed by atoms with Gasteiger partial charge < -0.3 is 19.4 Å². The van der Waals surface area contributed by atoms with Crippen LogP contribution in [0.2, 0.25) is 0 Å². The van der Waals surface area contributed by atoms with Crippen molar-refractivity contribution in [2.75, 3.05) is 59.5 Å². The Morgan fingerprint density at radius 3 is 2.88 bits per heavy atom. The zero-order valence-corrected chi connectivity index (χ0v) is 15.8. The maximum atomic E-state index is 12.8. The van der Waals surface area contributed by atoms with Crippen LogP contribution < -0.4 is 0 Å². The highest BCUT2D eigenvalue weighted by molar-refractivity contribution is 5.92. The van der Waals surface area contributed by atoms with Gasteiger partial charge in [-0.15, -0.1) is 0 Å². The van der Waals surface area contributed by atoms with Gasteiger partial charge in [0.15, 0.2) is 0 Å². The predicted molar refractivity (Wildman–Crippen MR) is 100 cm³/mol. The van der Waals surface area contributed by atoms with E-state index in [0.717, 1.165) is 65.1 Å². The van der Waals surface area contributed by atoms with Crippen LogP contribution in [0.3, 0.4) is 0 Å². The van der Waals surface area contributed by atoms with E-state index >= 15 is 0 Å². The summed E-state index contributed by atoms with van der Waals surface area (Å²) >= 11 is 0. The lowest BCUT2D eigenvalue weighted by molar-refractivity contribution is -0.0452. The van der Waals surface area contributed by atoms with E-state index in [1.165, 1.54) is 0 Å². The molecule has 3 aliphatic heterocycles. The molecule has 2 atom stereocenters. The summed E-state index contributed by atoms with van der Waals surface area (Å²) in [6, 6.07) is 5.52. The first-order valence-corrected chi connectivity index (χ1v) is 9.89. The van der Waals surface area contributed by atoms with Crippen LogP contribution in [0, 0.1) is 5.92 Å². The second-order valence-electron chi connectivity index (χ2n) is 8.21. The van der Waals surface area contributed by atoms with Crippen molar-refractivity contribution in [1.29, 1.82) is 0 Å². The van der Waals surface area contributed by atoms with Gasteiger partial charge in [0.1, 0.15) is 5.69 Å². The van der Waals surface area contributed by atoms with E-state index in [2.05, 4.69) is 21.8 Å². The second-order valence-corrected chi connectivity index (χ2v) is 8.21. The molecular formula is C20H30N4O2. The summed E-state index contributed by atoms with van der Waals surface area (Å²) in [6.45, 7) is 8.11. The quantitative estimate of drug-likeness (QED) is 0.816. The van der Waals surface area contributed by atoms with Crippen molar-refractivity contribution in [3.63, 3.8) is 0 Å². The zero-order chi connectivity index (χ0) is 18.0. The Morgan fingerprint density at radius 1 is 1.27 bits per heavy atom. The van der Waals surface area contributed by atoms with Crippen molar-refractivity contribution >= 4 is 5.91 Å². The molecule has 1 spiro atoms. The van der Waals surface area contributed by atoms with Gasteiger partial charge in [0.05, 0.1) is 18.8 Å². The third-order valence-corrected chi connectivity index (χ3v) is 6.11. The Hall–Kier alpha value is -1.50. The normalized spacial score (nSPS) is 30.8. The molecule has 6 nitrogen and oxygen atoms in total. The molecule has 26 heavy (non-hydrogen) atoms. The first-order valence-electron chi connectivity index (χ1n) is 9.89. The topological polar surface area (TPSA) is 48.9 Å². The number of carbonyl (C=O) groups is 1. The molecule has 0 unspecified atom stereocenters. The highest BCUT2D eigenvalue weighted by atomic mass is 16.5. The molecule has 0 bridgehead atoms. The van der Waals surface area contributed by atoms with Crippen LogP contribution in [0.15, 0.2) is 24.4 Å². The average molecular weight is 358 g/mol. The van der Waals surface area contributed by atoms with E-state index in [0.29, 0.717) is 18.2 Å². The Morgan fingerprint density at radius 2 is 2.12 bits per heavy atom. The molecule has 0 radical (unpaired) electrons. The summed E-state index contributed by atoms with van der Waals surface area (Å²) < 4.78 is 6.32. The van der Waals surface area contributed by atoms with Gasteiger partial charge in [0, 0.05) is 45.5 Å². The van der Waals surface area contributed by atoms with Gasteiger partial charge >= 0.3 is 0 Å². The molecule has 3 saturated heterocycles. The Kier molecular flexibility index (Phi) is 5.25. The van der Waals surface area contributed by atoms with Gasteiger partial charge in [0.25, 0.3) is 5.91 Å². The molecular weight excluding hydrogens is 328 g/mol. The average Bonchev–Trinajstić information content (AvgIpc) is 3.05. The summed E-state index contributed by atoms with van der Waals surface area (Å²) in [4.78, 5) is 23.9. The molecule has 6 heteroatoms. The Balaban J connectivity index is 1.34. The molecule has 0 aromatic carbocycles. The van der Waals surface area contributed by atoms with E-state index in [4.69, 9.17) is 4.74 Å². The van der Waals surface area contributed by atoms with Crippen molar-refractivity contribution < 1.29 is 9.53 Å². The molecule has 4 rings (SSSR count). The number of amides is 1. The van der Waals surface area contributed by atoms with Crippen LogP contribution in [0.1, 0.15) is 29.8 Å². The maximum Gasteiger partial charge on any atom is 0.272 e. The number of hydrogen-bond acceptors (Lipinski definition) is 5. The van der Waals surface area contributed by atoms with Crippen LogP contribution >= 0.6 is 0 Å². The molecule has 142 valence electrons. The van der Waals surface area contributed by atoms with E-state index in [1.54, 1.807) is 12.3 Å². The zero-order valence-electron chi connectivity index (χ0n) is 15.8. The van der Waals surface area contributed by atoms with Gasteiger partial charge in [-0.1, -0.05) is 6.07 Å². The summed E-state index contributed by atoms with van der Waals surface area (Å²) in [6.07, 6.45) is 4.84. The van der Waals surface area contributed by atoms with Crippen molar-refractivity contribution in [2.24, 2.45) is 5.92 Å². The van der Waals surface area contributed by atoms with Crippen LogP contribution in [0.5, 0.6) is 0 Å². The number of likely N-dealkylation sites (tertiary alicyclic amines) is 1. The van der Waals surface area contributed by atoms with Crippen molar-refractivity contribution in [1.82, 2.24) is 19.7 Å². The molecule has 1 amide bonds. The van der Waals surface area contributed by atoms with Crippen molar-refractivity contribution in [3.8, 4) is 0 Å². The highest BCUT2D eigenvalue weighted by Crippen LogP contribution is 2.38. The maximum absolute atomic E-state index is 12.8. The smallest absolute Gasteiger partial charge is 0.272 e. The number of rotatable bonds is 3. The first-order chi connectivity index (χ1) is 12.6. The van der Waals surface area contributed by atoms with Gasteiger partial charge in [-0.25, -0.2) is 0 Å². The summed E-state index contributed by atoms with van der Waals surface area (Å²) in [5.74, 6) is 0.624. The lowest BCUT2D eigenvalue weighted by atomic mass is 9.86. The third kappa shape index (κ3) is 3.92. The first kappa shape index (κ1) is 17.9. The fourth-order valence-corrected chi connectivity index (χ4v) is 4.66. The van der Waals surface area contributed by atoms with Crippen LogP contribution in [0.4, 0.5) is 0 Å². The van der Waals surface area contributed by atoms with E-state index in [1.807, 2.05) is 17.0 Å². The number of likely N-dealkylation sites (N-methyl/N-ethyl adjacent to an activating group) is 1. The number of aromatic nitrogens is 1. The molecule has 3 fully saturated rings. The minimum Gasteiger partial charge on any atom is -0.373 e. The van der Waals surface area contributed by atoms with Gasteiger partial charge in [-0.2, -0.15) is 0 Å². The highest BCUT2D eigenvalue weighted by Gasteiger charge is 2.45. The third-order valence-electron chi connectivity index (χ3n) is 6.11. The van der Waals surface area contributed by atoms with Crippen LogP contribution in [-0.4, -0.2) is 90.7 Å². The van der Waals surface area contributed by atoms with E-state index in [-0.39, 0.29) is 11.5 Å². The van der Waals surface area contributed by atoms with Gasteiger partial charge in [-0.3, -0.25) is 9.78 Å². The van der Waals surface area contributed by atoms with Crippen molar-refractivity contribution in [2.45, 2.75) is 24.9 Å². The fourth-order valence-electron chi connectivity index (χ4n) is 4.66. The van der Waals surface area contributed by atoms with E-state index < -0.39 is 0 Å². The molecule has 1 aromatic heterocycles. The molecule has 4 heterocycles. The molecule has 0 saturated carbocycles. The van der Waals surface area contributed by atoms with Crippen LogP contribution in [-0.2, 0) is 4.74 Å². The Labute approximate surface area is 156 Å². The number of piperidine rings is 1. The molecule has 1 aromatic rings. The minimum absolute atomic E-state index is 0.0378. The second kappa shape index (κ2) is 7.62. The molecule has 3 aliphatic rings. The largest absolute Gasteiger partial charge is 0.373 e. The van der Waals surface area contributed by atoms with E-state index in [9.17, 15) is 4.79 Å². The lowest BCUT2D eigenvalue weighted by Crippen LogP contribution is -2.50. The molecule has 0 N–H and O–H groups in total.